The molecule has 8 nitrogen and oxygen atoms in total. The average Bonchev–Trinajstić information content (AvgIpc) is 3.58. The van der Waals surface area contributed by atoms with Gasteiger partial charge in [-0.15, -0.1) is 0 Å². The lowest BCUT2D eigenvalue weighted by molar-refractivity contribution is -0.122. The maximum absolute atomic E-state index is 13.1. The SMILES string of the molecule is C/C(=N\OC(=O)N(C)C[C@@H]1CCCN1C(=O)OC(C)(C)C)[C@H]1CC[C@H]2[C@@H]3CCC4C[C@@H](O[Si](C)(C)C(C)(C)C)CC[C@]4(C)[C@H]3CC[C@]12C. The van der Waals surface area contributed by atoms with Gasteiger partial charge in [-0.1, -0.05) is 39.8 Å². The van der Waals surface area contributed by atoms with E-state index in [9.17, 15) is 9.59 Å². The lowest BCUT2D eigenvalue weighted by atomic mass is 9.44. The molecular formula is C39H69N3O5Si. The van der Waals surface area contributed by atoms with Gasteiger partial charge in [-0.05, 0) is 151 Å². The normalized spacial score (nSPS) is 37.4. The lowest BCUT2D eigenvalue weighted by Crippen LogP contribution is -2.55. The summed E-state index contributed by atoms with van der Waals surface area (Å²) in [6, 6.07) is -0.0797. The van der Waals surface area contributed by atoms with Crippen molar-refractivity contribution < 1.29 is 23.6 Å². The molecular weight excluding hydrogens is 619 g/mol. The molecule has 1 saturated heterocycles. The highest BCUT2D eigenvalue weighted by molar-refractivity contribution is 6.74. The van der Waals surface area contributed by atoms with Crippen LogP contribution in [0.25, 0.3) is 0 Å². The Hall–Kier alpha value is -1.61. The van der Waals surface area contributed by atoms with Crippen LogP contribution in [0, 0.1) is 40.4 Å². The molecule has 5 fully saturated rings. The lowest BCUT2D eigenvalue weighted by Gasteiger charge is -2.61. The topological polar surface area (TPSA) is 80.7 Å². The fourth-order valence-corrected chi connectivity index (χ4v) is 12.2. The number of hydrogen-bond acceptors (Lipinski definition) is 6. The van der Waals surface area contributed by atoms with Gasteiger partial charge in [0, 0.05) is 32.2 Å². The molecule has 9 heteroatoms. The summed E-state index contributed by atoms with van der Waals surface area (Å²) in [7, 11) is -0.0282. The quantitative estimate of drug-likeness (QED) is 0.120. The Bertz CT molecular complexity index is 1220. The van der Waals surface area contributed by atoms with Gasteiger partial charge in [0.15, 0.2) is 8.32 Å². The monoisotopic (exact) mass is 688 g/mol. The van der Waals surface area contributed by atoms with Crippen molar-refractivity contribution in [3.63, 3.8) is 0 Å². The minimum atomic E-state index is -1.76. The molecule has 1 heterocycles. The number of nitrogens with zero attached hydrogens (tertiary/aromatic N) is 3. The van der Waals surface area contributed by atoms with Crippen molar-refractivity contribution in [2.24, 2.45) is 45.6 Å². The van der Waals surface area contributed by atoms with E-state index in [0.29, 0.717) is 36.4 Å². The zero-order valence-electron chi connectivity index (χ0n) is 32.6. The molecule has 48 heavy (non-hydrogen) atoms. The van der Waals surface area contributed by atoms with Gasteiger partial charge in [-0.3, -0.25) is 4.84 Å². The second kappa shape index (κ2) is 13.5. The number of fused-ring (bicyclic) bond motifs is 5. The molecule has 0 bridgehead atoms. The molecule has 274 valence electrons. The van der Waals surface area contributed by atoms with E-state index in [2.05, 4.69) is 59.8 Å². The van der Waals surface area contributed by atoms with Crippen LogP contribution in [0.5, 0.6) is 0 Å². The van der Waals surface area contributed by atoms with Crippen molar-refractivity contribution in [1.82, 2.24) is 9.80 Å². The third-order valence-corrected chi connectivity index (χ3v) is 19.0. The Labute approximate surface area is 293 Å². The first-order valence-corrected chi connectivity index (χ1v) is 22.2. The van der Waals surface area contributed by atoms with E-state index >= 15 is 0 Å². The Morgan fingerprint density at radius 2 is 1.58 bits per heavy atom. The standard InChI is InChI=1S/C39H69N3O5Si/c1-26(40-46-34(43)41(10)25-28-14-13-23-42(28)35(44)45-36(2,3)4)31-17-18-32-30-16-15-27-24-29(47-48(11,12)37(5,6)7)19-21-38(27,8)33(30)20-22-39(31,32)9/h27-33H,13-25H2,1-12H3/b40-26+/t27?,28-,29-,30-,31+,32-,33-,38-,39+/m0/s1. The maximum Gasteiger partial charge on any atom is 0.435 e. The number of hydrogen-bond donors (Lipinski definition) is 0. The number of ether oxygens (including phenoxy) is 1. The zero-order chi connectivity index (χ0) is 35.4. The van der Waals surface area contributed by atoms with Gasteiger partial charge in [0.1, 0.15) is 5.60 Å². The third kappa shape index (κ3) is 7.38. The maximum atomic E-state index is 13.1. The van der Waals surface area contributed by atoms with Gasteiger partial charge in [0.25, 0.3) is 0 Å². The van der Waals surface area contributed by atoms with Crippen LogP contribution < -0.4 is 0 Å². The first-order chi connectivity index (χ1) is 22.2. The Morgan fingerprint density at radius 3 is 2.25 bits per heavy atom. The van der Waals surface area contributed by atoms with Gasteiger partial charge in [-0.2, -0.15) is 0 Å². The molecule has 4 saturated carbocycles. The van der Waals surface area contributed by atoms with E-state index in [-0.39, 0.29) is 22.6 Å². The number of amides is 2. The van der Waals surface area contributed by atoms with Crippen molar-refractivity contribution in [3.8, 4) is 0 Å². The number of likely N-dealkylation sites (tertiary alicyclic amines) is 1. The Kier molecular flexibility index (Phi) is 10.6. The first-order valence-electron chi connectivity index (χ1n) is 19.3. The number of carbonyl (C=O) groups excluding carboxylic acids is 2. The van der Waals surface area contributed by atoms with Crippen molar-refractivity contribution in [2.45, 2.75) is 169 Å². The Balaban J connectivity index is 1.17. The van der Waals surface area contributed by atoms with Crippen LogP contribution in [0.2, 0.25) is 18.1 Å². The van der Waals surface area contributed by atoms with Crippen LogP contribution in [0.1, 0.15) is 133 Å². The molecule has 2 amide bonds. The van der Waals surface area contributed by atoms with Crippen LogP contribution >= 0.6 is 0 Å². The van der Waals surface area contributed by atoms with Crippen molar-refractivity contribution in [2.75, 3.05) is 20.1 Å². The molecule has 1 unspecified atom stereocenters. The Morgan fingerprint density at radius 1 is 0.917 bits per heavy atom. The van der Waals surface area contributed by atoms with Crippen LogP contribution in [0.15, 0.2) is 5.16 Å². The highest BCUT2D eigenvalue weighted by atomic mass is 28.4. The van der Waals surface area contributed by atoms with E-state index in [4.69, 9.17) is 14.0 Å². The first kappa shape index (κ1) is 37.6. The third-order valence-electron chi connectivity index (χ3n) is 14.5. The summed E-state index contributed by atoms with van der Waals surface area (Å²) in [6.45, 7) is 25.8. The number of likely N-dealkylation sites (N-methyl/N-ethyl adjacent to an activating group) is 1. The van der Waals surface area contributed by atoms with Crippen LogP contribution in [-0.4, -0.2) is 73.9 Å². The van der Waals surface area contributed by atoms with Crippen molar-refractivity contribution in [3.05, 3.63) is 0 Å². The summed E-state index contributed by atoms with van der Waals surface area (Å²) in [5.74, 6) is 3.43. The van der Waals surface area contributed by atoms with Crippen LogP contribution in [-0.2, 0) is 14.0 Å². The summed E-state index contributed by atoms with van der Waals surface area (Å²) < 4.78 is 12.6. The average molecular weight is 688 g/mol. The van der Waals surface area contributed by atoms with Gasteiger partial charge < -0.3 is 19.0 Å². The summed E-state index contributed by atoms with van der Waals surface area (Å²) in [5, 5.41) is 4.75. The van der Waals surface area contributed by atoms with Gasteiger partial charge >= 0.3 is 12.2 Å². The van der Waals surface area contributed by atoms with Crippen molar-refractivity contribution in [1.29, 1.82) is 0 Å². The largest absolute Gasteiger partial charge is 0.444 e. The molecule has 5 rings (SSSR count). The van der Waals surface area contributed by atoms with Gasteiger partial charge in [0.05, 0.1) is 11.8 Å². The second-order valence-electron chi connectivity index (χ2n) is 19.5. The molecule has 0 aromatic heterocycles. The highest BCUT2D eigenvalue weighted by Gasteiger charge is 2.61. The molecule has 0 aromatic carbocycles. The summed E-state index contributed by atoms with van der Waals surface area (Å²) in [6.07, 6.45) is 12.8. The number of rotatable bonds is 6. The van der Waals surface area contributed by atoms with Crippen LogP contribution in [0.3, 0.4) is 0 Å². The zero-order valence-corrected chi connectivity index (χ0v) is 33.6. The smallest absolute Gasteiger partial charge is 0.435 e. The molecule has 0 N–H and O–H groups in total. The number of oxime groups is 1. The molecule has 0 radical (unpaired) electrons. The molecule has 0 aromatic rings. The molecule has 9 atom stereocenters. The van der Waals surface area contributed by atoms with Gasteiger partial charge in [-0.25, -0.2) is 9.59 Å². The summed E-state index contributed by atoms with van der Waals surface area (Å²) >= 11 is 0. The fraction of sp³-hybridized carbons (Fsp3) is 0.923. The van der Waals surface area contributed by atoms with Crippen LogP contribution in [0.4, 0.5) is 9.59 Å². The molecule has 0 spiro atoms. The van der Waals surface area contributed by atoms with E-state index in [1.165, 1.54) is 51.4 Å². The predicted octanol–water partition coefficient (Wildman–Crippen LogP) is 9.88. The van der Waals surface area contributed by atoms with E-state index < -0.39 is 20.0 Å². The highest BCUT2D eigenvalue weighted by Crippen LogP contribution is 2.67. The number of carbonyl (C=O) groups is 2. The molecule has 5 aliphatic rings. The van der Waals surface area contributed by atoms with E-state index in [1.54, 1.807) is 16.8 Å². The second-order valence-corrected chi connectivity index (χ2v) is 24.3. The minimum absolute atomic E-state index is 0.0797. The van der Waals surface area contributed by atoms with Crippen molar-refractivity contribution >= 4 is 26.2 Å². The van der Waals surface area contributed by atoms with E-state index in [0.717, 1.165) is 42.7 Å². The minimum Gasteiger partial charge on any atom is -0.444 e. The molecule has 1 aliphatic heterocycles. The summed E-state index contributed by atoms with van der Waals surface area (Å²) in [4.78, 5) is 34.7. The van der Waals surface area contributed by atoms with E-state index in [1.807, 2.05) is 20.8 Å². The predicted molar refractivity (Wildman–Crippen MR) is 195 cm³/mol. The van der Waals surface area contributed by atoms with Gasteiger partial charge in [0.2, 0.25) is 0 Å². The fourth-order valence-electron chi connectivity index (χ4n) is 10.8. The molecule has 4 aliphatic carbocycles. The summed E-state index contributed by atoms with van der Waals surface area (Å²) in [5.41, 5.74) is 1.04.